The van der Waals surface area contributed by atoms with Gasteiger partial charge in [-0.2, -0.15) is 0 Å². The van der Waals surface area contributed by atoms with Crippen LogP contribution in [0.15, 0.2) is 109 Å². The first-order valence-corrected chi connectivity index (χ1v) is 27.4. The molecule has 0 rings (SSSR count). The first kappa shape index (κ1) is 63.1. The van der Waals surface area contributed by atoms with E-state index in [-0.39, 0.29) is 37.5 Å². The van der Waals surface area contributed by atoms with Gasteiger partial charge in [0.2, 0.25) is 0 Å². The number of rotatable bonds is 48. The molecule has 1 atom stereocenters. The average molecular weight is 929 g/mol. The number of ether oxygens (including phenoxy) is 3. The lowest BCUT2D eigenvalue weighted by Crippen LogP contribution is -2.30. The van der Waals surface area contributed by atoms with Crippen LogP contribution in [0.3, 0.4) is 0 Å². The third-order valence-electron chi connectivity index (χ3n) is 11.3. The molecule has 0 saturated heterocycles. The van der Waals surface area contributed by atoms with Crippen LogP contribution in [0, 0.1) is 0 Å². The molecule has 0 aliphatic rings. The van der Waals surface area contributed by atoms with Gasteiger partial charge in [-0.25, -0.2) is 0 Å². The third kappa shape index (κ3) is 52.9. The number of carbonyl (C=O) groups excluding carboxylic acids is 3. The van der Waals surface area contributed by atoms with Crippen molar-refractivity contribution < 1.29 is 28.6 Å². The Bertz CT molecular complexity index is 1390. The zero-order valence-corrected chi connectivity index (χ0v) is 43.4. The number of esters is 3. The van der Waals surface area contributed by atoms with Gasteiger partial charge in [-0.3, -0.25) is 14.4 Å². The molecule has 0 aromatic rings. The fourth-order valence-electron chi connectivity index (χ4n) is 7.22. The van der Waals surface area contributed by atoms with E-state index in [2.05, 4.69) is 130 Å². The van der Waals surface area contributed by atoms with E-state index in [4.69, 9.17) is 14.2 Å². The second kappa shape index (κ2) is 54.7. The van der Waals surface area contributed by atoms with Gasteiger partial charge < -0.3 is 14.2 Å². The number of hydrogen-bond donors (Lipinski definition) is 0. The molecule has 380 valence electrons. The zero-order chi connectivity index (χ0) is 48.6. The highest BCUT2D eigenvalue weighted by Crippen LogP contribution is 2.15. The van der Waals surface area contributed by atoms with Gasteiger partial charge in [0.1, 0.15) is 13.2 Å². The molecule has 6 nitrogen and oxygen atoms in total. The van der Waals surface area contributed by atoms with Crippen LogP contribution >= 0.6 is 0 Å². The SMILES string of the molecule is CC/C=C\C/C=C\C/C=C\C/C=C\C/C=C\CCCCCC(=O)OCC(COC(=O)CCCCCCCCCCCCCCCC)OC(=O)CCCCC/C=C\C/C=C\C/C=C\C/C=C\CC. The van der Waals surface area contributed by atoms with Gasteiger partial charge in [0, 0.05) is 19.3 Å². The van der Waals surface area contributed by atoms with Gasteiger partial charge in [0.05, 0.1) is 0 Å². The van der Waals surface area contributed by atoms with Gasteiger partial charge in [-0.15, -0.1) is 0 Å². The molecule has 0 saturated carbocycles. The Kier molecular flexibility index (Phi) is 51.5. The minimum absolute atomic E-state index is 0.102. The predicted octanol–water partition coefficient (Wildman–Crippen LogP) is 18.3. The molecule has 0 aromatic carbocycles. The van der Waals surface area contributed by atoms with Crippen molar-refractivity contribution in [3.05, 3.63) is 109 Å². The molecule has 0 N–H and O–H groups in total. The van der Waals surface area contributed by atoms with Crippen LogP contribution in [-0.2, 0) is 28.6 Å². The summed E-state index contributed by atoms with van der Waals surface area (Å²) in [6.45, 7) is 6.36. The average Bonchev–Trinajstić information content (AvgIpc) is 3.33. The maximum absolute atomic E-state index is 12.8. The second-order valence-electron chi connectivity index (χ2n) is 17.7. The van der Waals surface area contributed by atoms with Gasteiger partial charge in [0.15, 0.2) is 6.10 Å². The first-order chi connectivity index (χ1) is 33.0. The van der Waals surface area contributed by atoms with E-state index in [1.807, 2.05) is 0 Å². The summed E-state index contributed by atoms with van der Waals surface area (Å²) >= 11 is 0. The lowest BCUT2D eigenvalue weighted by molar-refractivity contribution is -0.167. The van der Waals surface area contributed by atoms with Crippen LogP contribution < -0.4 is 0 Å². The molecular formula is C61H100O6. The topological polar surface area (TPSA) is 78.9 Å². The summed E-state index contributed by atoms with van der Waals surface area (Å²) in [5.41, 5.74) is 0. The van der Waals surface area contributed by atoms with Crippen molar-refractivity contribution in [3.63, 3.8) is 0 Å². The Morgan fingerprint density at radius 2 is 0.582 bits per heavy atom. The number of carbonyl (C=O) groups is 3. The molecule has 0 aliphatic heterocycles. The van der Waals surface area contributed by atoms with Crippen LogP contribution in [0.5, 0.6) is 0 Å². The maximum Gasteiger partial charge on any atom is 0.306 e. The fraction of sp³-hybridized carbons (Fsp3) is 0.656. The first-order valence-electron chi connectivity index (χ1n) is 27.4. The highest BCUT2D eigenvalue weighted by atomic mass is 16.6. The molecule has 0 amide bonds. The molecule has 6 heteroatoms. The zero-order valence-electron chi connectivity index (χ0n) is 43.4. The summed E-state index contributed by atoms with van der Waals surface area (Å²) < 4.78 is 16.8. The Balaban J connectivity index is 4.51. The lowest BCUT2D eigenvalue weighted by Gasteiger charge is -2.18. The van der Waals surface area contributed by atoms with Crippen molar-refractivity contribution in [2.75, 3.05) is 13.2 Å². The summed E-state index contributed by atoms with van der Waals surface area (Å²) in [5.74, 6) is -0.967. The van der Waals surface area contributed by atoms with E-state index in [1.54, 1.807) is 0 Å². The molecule has 1 unspecified atom stereocenters. The summed E-state index contributed by atoms with van der Waals surface area (Å²) in [6, 6.07) is 0. The third-order valence-corrected chi connectivity index (χ3v) is 11.3. The fourth-order valence-corrected chi connectivity index (χ4v) is 7.22. The van der Waals surface area contributed by atoms with E-state index in [1.165, 1.54) is 70.6 Å². The molecule has 0 bridgehead atoms. The maximum atomic E-state index is 12.8. The molecule has 67 heavy (non-hydrogen) atoms. The van der Waals surface area contributed by atoms with E-state index in [9.17, 15) is 14.4 Å². The lowest BCUT2D eigenvalue weighted by atomic mass is 10.0. The van der Waals surface area contributed by atoms with Crippen molar-refractivity contribution in [2.45, 2.75) is 245 Å². The van der Waals surface area contributed by atoms with Crippen molar-refractivity contribution in [1.29, 1.82) is 0 Å². The number of hydrogen-bond acceptors (Lipinski definition) is 6. The van der Waals surface area contributed by atoms with E-state index in [0.717, 1.165) is 128 Å². The largest absolute Gasteiger partial charge is 0.462 e. The summed E-state index contributed by atoms with van der Waals surface area (Å²) in [6.07, 6.45) is 73.6. The summed E-state index contributed by atoms with van der Waals surface area (Å²) in [7, 11) is 0. The number of allylic oxidation sites excluding steroid dienone is 18. The smallest absolute Gasteiger partial charge is 0.306 e. The molecule has 0 spiro atoms. The number of unbranched alkanes of at least 4 members (excludes halogenated alkanes) is 19. The van der Waals surface area contributed by atoms with Gasteiger partial charge >= 0.3 is 17.9 Å². The van der Waals surface area contributed by atoms with E-state index in [0.29, 0.717) is 12.8 Å². The second-order valence-corrected chi connectivity index (χ2v) is 17.7. The van der Waals surface area contributed by atoms with Crippen LogP contribution in [0.4, 0.5) is 0 Å². The van der Waals surface area contributed by atoms with Gasteiger partial charge in [-0.1, -0.05) is 226 Å². The van der Waals surface area contributed by atoms with Crippen molar-refractivity contribution in [3.8, 4) is 0 Å². The Labute approximate surface area is 412 Å². The van der Waals surface area contributed by atoms with E-state index >= 15 is 0 Å². The molecule has 0 heterocycles. The minimum Gasteiger partial charge on any atom is -0.462 e. The van der Waals surface area contributed by atoms with Crippen LogP contribution in [0.25, 0.3) is 0 Å². The molecule has 0 aliphatic carbocycles. The normalized spacial score (nSPS) is 12.9. The van der Waals surface area contributed by atoms with Gasteiger partial charge in [0.25, 0.3) is 0 Å². The van der Waals surface area contributed by atoms with Crippen LogP contribution in [0.1, 0.15) is 239 Å². The summed E-state index contributed by atoms with van der Waals surface area (Å²) in [5, 5.41) is 0. The van der Waals surface area contributed by atoms with Crippen LogP contribution in [-0.4, -0.2) is 37.2 Å². The van der Waals surface area contributed by atoms with Crippen molar-refractivity contribution in [2.24, 2.45) is 0 Å². The monoisotopic (exact) mass is 929 g/mol. The van der Waals surface area contributed by atoms with Crippen LogP contribution in [0.2, 0.25) is 0 Å². The quantitative estimate of drug-likeness (QED) is 0.0262. The summed E-state index contributed by atoms with van der Waals surface area (Å²) in [4.78, 5) is 38.1. The minimum atomic E-state index is -0.809. The van der Waals surface area contributed by atoms with Crippen molar-refractivity contribution >= 4 is 17.9 Å². The van der Waals surface area contributed by atoms with Gasteiger partial charge in [-0.05, 0) is 103 Å². The highest BCUT2D eigenvalue weighted by Gasteiger charge is 2.19. The Morgan fingerprint density at radius 3 is 0.910 bits per heavy atom. The Morgan fingerprint density at radius 1 is 0.313 bits per heavy atom. The van der Waals surface area contributed by atoms with Crippen molar-refractivity contribution in [1.82, 2.24) is 0 Å². The molecule has 0 aromatic heterocycles. The predicted molar refractivity (Wildman–Crippen MR) is 288 cm³/mol. The Hall–Kier alpha value is -3.93. The molecule has 0 fully saturated rings. The molecule has 0 radical (unpaired) electrons. The standard InChI is InChI=1S/C61H100O6/c1-4-7-10-13-16-19-22-25-28-30-31-32-34-36-39-42-45-48-51-54-60(63)66-57-58(56-65-59(62)53-50-47-44-41-38-35-27-24-21-18-15-12-9-6-3)67-61(64)55-52-49-46-43-40-37-33-29-26-23-20-17-14-11-8-5-2/h7-8,10-11,16-17,19-20,25-26,28-29,31-32,36-37,39-40,58H,4-6,9,12-15,18,21-24,27,30,33-35,38,41-57H2,1-3H3/b10-7-,11-8-,19-16-,20-17-,28-25-,29-26-,32-31-,39-36-,40-37-. The molecular weight excluding hydrogens is 829 g/mol. The highest BCUT2D eigenvalue weighted by molar-refractivity contribution is 5.71. The van der Waals surface area contributed by atoms with E-state index < -0.39 is 6.10 Å².